The Hall–Kier alpha value is -2.83. The fraction of sp³-hybridized carbons (Fsp3) is 0.294. The van der Waals surface area contributed by atoms with Crippen molar-refractivity contribution in [2.24, 2.45) is 0 Å². The molecule has 0 unspecified atom stereocenters. The smallest absolute Gasteiger partial charge is 0.229 e. The van der Waals surface area contributed by atoms with Crippen molar-refractivity contribution in [1.29, 1.82) is 0 Å². The van der Waals surface area contributed by atoms with Crippen LogP contribution in [0.15, 0.2) is 36.8 Å². The third-order valence-corrected chi connectivity index (χ3v) is 4.30. The van der Waals surface area contributed by atoms with E-state index in [0.717, 1.165) is 12.8 Å². The topological polar surface area (TPSA) is 74.8 Å². The number of imidazole rings is 1. The van der Waals surface area contributed by atoms with Gasteiger partial charge in [0.1, 0.15) is 11.6 Å². The molecule has 7 heteroatoms. The van der Waals surface area contributed by atoms with Crippen LogP contribution in [0.5, 0.6) is 0 Å². The van der Waals surface area contributed by atoms with E-state index in [9.17, 15) is 9.18 Å². The molecule has 6 nitrogen and oxygen atoms in total. The van der Waals surface area contributed by atoms with E-state index in [2.05, 4.69) is 19.9 Å². The summed E-state index contributed by atoms with van der Waals surface area (Å²) in [5.41, 5.74) is 2.01. The maximum Gasteiger partial charge on any atom is 0.229 e. The highest BCUT2D eigenvalue weighted by molar-refractivity contribution is 5.79. The van der Waals surface area contributed by atoms with E-state index in [1.807, 2.05) is 4.90 Å². The number of nitrogens with one attached hydrogen (secondary N) is 1. The first-order chi connectivity index (χ1) is 11.7. The molecule has 1 aliphatic rings. The number of likely N-dealkylation sites (tertiary alicyclic amines) is 1. The lowest BCUT2D eigenvalue weighted by molar-refractivity contribution is -0.131. The zero-order valence-electron chi connectivity index (χ0n) is 12.9. The van der Waals surface area contributed by atoms with Crippen LogP contribution in [0.1, 0.15) is 30.4 Å². The number of hydrogen-bond donors (Lipinski definition) is 1. The summed E-state index contributed by atoms with van der Waals surface area (Å²) in [4.78, 5) is 30.3. The molecule has 0 spiro atoms. The molecule has 4 rings (SSSR count). The lowest BCUT2D eigenvalue weighted by atomic mass is 10.2. The lowest BCUT2D eigenvalue weighted by Gasteiger charge is -2.23. The first-order valence-electron chi connectivity index (χ1n) is 7.90. The number of fused-ring (bicyclic) bond motifs is 1. The molecule has 1 atom stereocenters. The van der Waals surface area contributed by atoms with Crippen molar-refractivity contribution in [2.45, 2.75) is 25.3 Å². The quantitative estimate of drug-likeness (QED) is 0.802. The molecule has 0 aliphatic carbocycles. The minimum absolute atomic E-state index is 0.00429. The molecular formula is C17H16FN5O. The third-order valence-electron chi connectivity index (χ3n) is 4.30. The molecule has 1 aliphatic heterocycles. The Balaban J connectivity index is 1.58. The Morgan fingerprint density at radius 3 is 3.12 bits per heavy atom. The maximum atomic E-state index is 13.3. The van der Waals surface area contributed by atoms with E-state index < -0.39 is 0 Å². The fourth-order valence-electron chi connectivity index (χ4n) is 3.19. The summed E-state index contributed by atoms with van der Waals surface area (Å²) in [6, 6.07) is 4.35. The van der Waals surface area contributed by atoms with Crippen LogP contribution in [0, 0.1) is 5.82 Å². The second kappa shape index (κ2) is 5.99. The van der Waals surface area contributed by atoms with Crippen LogP contribution in [-0.2, 0) is 11.2 Å². The minimum Gasteiger partial charge on any atom is -0.340 e. The Morgan fingerprint density at radius 1 is 1.38 bits per heavy atom. The summed E-state index contributed by atoms with van der Waals surface area (Å²) in [7, 11) is 0. The second-order valence-corrected chi connectivity index (χ2v) is 5.90. The van der Waals surface area contributed by atoms with Crippen molar-refractivity contribution in [1.82, 2.24) is 24.8 Å². The van der Waals surface area contributed by atoms with Crippen LogP contribution < -0.4 is 0 Å². The maximum absolute atomic E-state index is 13.3. The molecule has 3 aromatic rings. The molecule has 24 heavy (non-hydrogen) atoms. The number of aromatic nitrogens is 4. The van der Waals surface area contributed by atoms with E-state index in [4.69, 9.17) is 0 Å². The van der Waals surface area contributed by atoms with Gasteiger partial charge < -0.3 is 9.88 Å². The molecule has 1 amide bonds. The molecule has 1 aromatic carbocycles. The van der Waals surface area contributed by atoms with Crippen molar-refractivity contribution in [3.63, 3.8) is 0 Å². The van der Waals surface area contributed by atoms with Crippen molar-refractivity contribution >= 4 is 16.9 Å². The zero-order chi connectivity index (χ0) is 16.5. The molecule has 1 fully saturated rings. The Morgan fingerprint density at radius 2 is 2.29 bits per heavy atom. The Labute approximate surface area is 137 Å². The van der Waals surface area contributed by atoms with E-state index in [1.165, 1.54) is 12.1 Å². The number of nitrogens with zero attached hydrogens (tertiary/aromatic N) is 4. The molecule has 0 bridgehead atoms. The number of H-pyrrole nitrogens is 1. The van der Waals surface area contributed by atoms with E-state index >= 15 is 0 Å². The van der Waals surface area contributed by atoms with Gasteiger partial charge in [0.05, 0.1) is 29.2 Å². The minimum atomic E-state index is -0.306. The summed E-state index contributed by atoms with van der Waals surface area (Å²) in [5.74, 6) is 0.407. The number of benzene rings is 1. The normalized spacial score (nSPS) is 17.5. The second-order valence-electron chi connectivity index (χ2n) is 5.90. The highest BCUT2D eigenvalue weighted by Gasteiger charge is 2.32. The van der Waals surface area contributed by atoms with Gasteiger partial charge in [-0.2, -0.15) is 0 Å². The number of amides is 1. The van der Waals surface area contributed by atoms with Crippen LogP contribution in [-0.4, -0.2) is 37.3 Å². The first-order valence-corrected chi connectivity index (χ1v) is 7.90. The van der Waals surface area contributed by atoms with E-state index in [-0.39, 0.29) is 24.2 Å². The van der Waals surface area contributed by atoms with Gasteiger partial charge in [0.2, 0.25) is 5.91 Å². The summed E-state index contributed by atoms with van der Waals surface area (Å²) in [5, 5.41) is 0. The van der Waals surface area contributed by atoms with Gasteiger partial charge in [0, 0.05) is 25.1 Å². The van der Waals surface area contributed by atoms with Crippen molar-refractivity contribution in [3.05, 3.63) is 54.1 Å². The van der Waals surface area contributed by atoms with Crippen molar-refractivity contribution in [2.75, 3.05) is 6.54 Å². The van der Waals surface area contributed by atoms with Crippen LogP contribution in [0.4, 0.5) is 4.39 Å². The number of aromatic amines is 1. The van der Waals surface area contributed by atoms with Gasteiger partial charge >= 0.3 is 0 Å². The Bertz CT molecular complexity index is 879. The molecular weight excluding hydrogens is 309 g/mol. The van der Waals surface area contributed by atoms with Gasteiger partial charge in [-0.25, -0.2) is 9.37 Å². The lowest BCUT2D eigenvalue weighted by Crippen LogP contribution is -2.32. The summed E-state index contributed by atoms with van der Waals surface area (Å²) in [6.45, 7) is 0.690. The molecule has 0 radical (unpaired) electrons. The highest BCUT2D eigenvalue weighted by Crippen LogP contribution is 2.31. The fourth-order valence-corrected chi connectivity index (χ4v) is 3.19. The number of carbonyl (C=O) groups excluding carboxylic acids is 1. The summed E-state index contributed by atoms with van der Waals surface area (Å²) >= 11 is 0. The standard InChI is InChI=1S/C17H16FN5O/c18-11-3-4-13-14(8-11)22-17(21-13)15-2-1-7-23(15)16(24)9-12-10-19-5-6-20-12/h3-6,8,10,15H,1-2,7,9H2,(H,21,22)/t15-/m0/s1. The number of rotatable bonds is 3. The van der Waals surface area contributed by atoms with E-state index in [0.29, 0.717) is 29.1 Å². The van der Waals surface area contributed by atoms with Crippen LogP contribution in [0.25, 0.3) is 11.0 Å². The average molecular weight is 325 g/mol. The van der Waals surface area contributed by atoms with Crippen molar-refractivity contribution in [3.8, 4) is 0 Å². The molecule has 1 N–H and O–H groups in total. The number of halogens is 1. The molecule has 122 valence electrons. The van der Waals surface area contributed by atoms with Crippen LogP contribution in [0.3, 0.4) is 0 Å². The molecule has 3 heterocycles. The van der Waals surface area contributed by atoms with Gasteiger partial charge in [-0.15, -0.1) is 0 Å². The molecule has 1 saturated heterocycles. The molecule has 2 aromatic heterocycles. The predicted molar refractivity (Wildman–Crippen MR) is 85.5 cm³/mol. The van der Waals surface area contributed by atoms with Crippen LogP contribution in [0.2, 0.25) is 0 Å². The summed E-state index contributed by atoms with van der Waals surface area (Å²) < 4.78 is 13.3. The average Bonchev–Trinajstić information content (AvgIpc) is 3.21. The van der Waals surface area contributed by atoms with Crippen molar-refractivity contribution < 1.29 is 9.18 Å². The molecule has 0 saturated carbocycles. The predicted octanol–water partition coefficient (Wildman–Crippen LogP) is 2.40. The number of carbonyl (C=O) groups is 1. The van der Waals surface area contributed by atoms with Gasteiger partial charge in [-0.1, -0.05) is 0 Å². The van der Waals surface area contributed by atoms with Gasteiger partial charge in [0.15, 0.2) is 0 Å². The van der Waals surface area contributed by atoms with Gasteiger partial charge in [0.25, 0.3) is 0 Å². The van der Waals surface area contributed by atoms with E-state index in [1.54, 1.807) is 24.7 Å². The Kier molecular flexibility index (Phi) is 3.68. The summed E-state index contributed by atoms with van der Waals surface area (Å²) in [6.07, 6.45) is 6.75. The van der Waals surface area contributed by atoms with Gasteiger partial charge in [-0.05, 0) is 31.0 Å². The highest BCUT2D eigenvalue weighted by atomic mass is 19.1. The largest absolute Gasteiger partial charge is 0.340 e. The number of hydrogen-bond acceptors (Lipinski definition) is 4. The SMILES string of the molecule is O=C(Cc1cnccn1)N1CCC[C@H]1c1nc2ccc(F)cc2[nH]1. The van der Waals surface area contributed by atoms with Crippen LogP contribution >= 0.6 is 0 Å². The van der Waals surface area contributed by atoms with Gasteiger partial charge in [-0.3, -0.25) is 14.8 Å². The monoisotopic (exact) mass is 325 g/mol. The zero-order valence-corrected chi connectivity index (χ0v) is 12.9. The third kappa shape index (κ3) is 2.73. The first kappa shape index (κ1) is 14.7.